The van der Waals surface area contributed by atoms with E-state index in [1.165, 1.54) is 6.33 Å². The predicted octanol–water partition coefficient (Wildman–Crippen LogP) is 1.24. The summed E-state index contributed by atoms with van der Waals surface area (Å²) in [4.78, 5) is 24.7. The first kappa shape index (κ1) is 13.4. The number of amides is 1. The van der Waals surface area contributed by atoms with Crippen molar-refractivity contribution in [2.45, 2.75) is 25.4 Å². The van der Waals surface area contributed by atoms with Crippen molar-refractivity contribution in [3.8, 4) is 11.9 Å². The van der Waals surface area contributed by atoms with Gasteiger partial charge >= 0.3 is 0 Å². The highest BCUT2D eigenvalue weighted by atomic mass is 16.5. The highest BCUT2D eigenvalue weighted by molar-refractivity contribution is 5.80. The van der Waals surface area contributed by atoms with Crippen LogP contribution in [0.3, 0.4) is 0 Å². The monoisotopic (exact) mass is 285 g/mol. The minimum atomic E-state index is -0.106. The van der Waals surface area contributed by atoms with Gasteiger partial charge in [-0.05, 0) is 6.07 Å². The molecule has 2 aromatic rings. The molecule has 3 heterocycles. The van der Waals surface area contributed by atoms with Crippen LogP contribution in [0.25, 0.3) is 11.0 Å². The summed E-state index contributed by atoms with van der Waals surface area (Å²) in [6, 6.07) is 3.78. The van der Waals surface area contributed by atoms with Crippen LogP contribution in [0.2, 0.25) is 0 Å². The lowest BCUT2D eigenvalue weighted by atomic mass is 10.1. The number of hydrogen-bond acceptors (Lipinski definition) is 5. The summed E-state index contributed by atoms with van der Waals surface area (Å²) in [6.45, 7) is 1.24. The minimum Gasteiger partial charge on any atom is -0.474 e. The van der Waals surface area contributed by atoms with Crippen molar-refractivity contribution in [2.24, 2.45) is 0 Å². The molecule has 0 saturated carbocycles. The number of ether oxygens (including phenoxy) is 1. The summed E-state index contributed by atoms with van der Waals surface area (Å²) in [5, 5.41) is 9.42. The second-order valence-electron chi connectivity index (χ2n) is 4.95. The fourth-order valence-electron chi connectivity index (χ4n) is 2.50. The van der Waals surface area contributed by atoms with Gasteiger partial charge in [-0.25, -0.2) is 9.97 Å². The highest BCUT2D eigenvalue weighted by Gasteiger charge is 2.24. The molecule has 1 aliphatic rings. The van der Waals surface area contributed by atoms with Crippen LogP contribution in [0.15, 0.2) is 18.6 Å². The molecular formula is C14H15N5O2. The van der Waals surface area contributed by atoms with Gasteiger partial charge in [-0.15, -0.1) is 0 Å². The van der Waals surface area contributed by atoms with Gasteiger partial charge in [0, 0.05) is 32.1 Å². The van der Waals surface area contributed by atoms with Crippen LogP contribution in [-0.4, -0.2) is 45.0 Å². The number of nitrogens with one attached hydrogen (secondary N) is 1. The van der Waals surface area contributed by atoms with Crippen molar-refractivity contribution in [2.75, 3.05) is 13.1 Å². The number of carbonyl (C=O) groups excluding carboxylic acids is 1. The number of piperidine rings is 1. The number of fused-ring (bicyclic) bond motifs is 1. The Hall–Kier alpha value is -2.62. The number of H-pyrrole nitrogens is 1. The van der Waals surface area contributed by atoms with Gasteiger partial charge in [0.2, 0.25) is 11.8 Å². The molecule has 1 N–H and O–H groups in total. The number of aromatic nitrogens is 3. The Morgan fingerprint density at radius 2 is 2.29 bits per heavy atom. The molecule has 3 rings (SSSR count). The summed E-state index contributed by atoms with van der Waals surface area (Å²) in [6.07, 6.45) is 4.74. The van der Waals surface area contributed by atoms with E-state index in [0.29, 0.717) is 19.0 Å². The molecule has 2 aromatic heterocycles. The lowest BCUT2D eigenvalue weighted by Gasteiger charge is -2.31. The number of rotatable bonds is 3. The van der Waals surface area contributed by atoms with Crippen LogP contribution < -0.4 is 4.74 Å². The summed E-state index contributed by atoms with van der Waals surface area (Å²) >= 11 is 0. The molecule has 0 aliphatic carbocycles. The van der Waals surface area contributed by atoms with Crippen molar-refractivity contribution >= 4 is 16.9 Å². The van der Waals surface area contributed by atoms with Gasteiger partial charge in [-0.2, -0.15) is 5.26 Å². The first-order valence-corrected chi connectivity index (χ1v) is 6.87. The smallest absolute Gasteiger partial charge is 0.236 e. The molecule has 1 amide bonds. The van der Waals surface area contributed by atoms with Crippen molar-refractivity contribution in [1.29, 1.82) is 5.26 Å². The highest BCUT2D eigenvalue weighted by Crippen LogP contribution is 2.24. The van der Waals surface area contributed by atoms with Crippen LogP contribution in [-0.2, 0) is 4.79 Å². The van der Waals surface area contributed by atoms with E-state index in [0.717, 1.165) is 23.9 Å². The SMILES string of the molecule is N#CCC(=O)N1CCC(Oc2ncnc3[nH]ccc23)CC1. The molecule has 0 aromatic carbocycles. The van der Waals surface area contributed by atoms with Gasteiger partial charge in [-0.1, -0.05) is 0 Å². The van der Waals surface area contributed by atoms with Crippen molar-refractivity contribution in [3.05, 3.63) is 18.6 Å². The Bertz CT molecular complexity index is 682. The molecular weight excluding hydrogens is 270 g/mol. The van der Waals surface area contributed by atoms with E-state index in [-0.39, 0.29) is 18.4 Å². The number of nitrogens with zero attached hydrogens (tertiary/aromatic N) is 4. The van der Waals surface area contributed by atoms with Crippen LogP contribution in [0.1, 0.15) is 19.3 Å². The molecule has 0 radical (unpaired) electrons. The standard InChI is InChI=1S/C14H15N5O2/c15-5-1-12(20)19-7-3-10(4-8-19)21-14-11-2-6-16-13(11)17-9-18-14/h2,6,9-10H,1,3-4,7-8H2,(H,16,17,18). The van der Waals surface area contributed by atoms with E-state index in [4.69, 9.17) is 10.00 Å². The maximum atomic E-state index is 11.6. The Morgan fingerprint density at radius 3 is 3.05 bits per heavy atom. The zero-order valence-electron chi connectivity index (χ0n) is 11.5. The summed E-state index contributed by atoms with van der Waals surface area (Å²) in [5.74, 6) is 0.467. The van der Waals surface area contributed by atoms with Crippen LogP contribution in [0, 0.1) is 11.3 Å². The molecule has 0 spiro atoms. The third kappa shape index (κ3) is 2.79. The average molecular weight is 285 g/mol. The van der Waals surface area contributed by atoms with E-state index in [2.05, 4.69) is 15.0 Å². The average Bonchev–Trinajstić information content (AvgIpc) is 2.98. The van der Waals surface area contributed by atoms with E-state index in [1.54, 1.807) is 11.1 Å². The second-order valence-corrected chi connectivity index (χ2v) is 4.95. The van der Waals surface area contributed by atoms with Gasteiger partial charge < -0.3 is 14.6 Å². The third-order valence-electron chi connectivity index (χ3n) is 3.62. The number of aromatic amines is 1. The zero-order chi connectivity index (χ0) is 14.7. The maximum absolute atomic E-state index is 11.6. The number of nitriles is 1. The molecule has 0 bridgehead atoms. The van der Waals surface area contributed by atoms with Crippen molar-refractivity contribution < 1.29 is 9.53 Å². The van der Waals surface area contributed by atoms with E-state index in [1.807, 2.05) is 12.1 Å². The summed E-state index contributed by atoms with van der Waals surface area (Å²) in [7, 11) is 0. The predicted molar refractivity (Wildman–Crippen MR) is 74.3 cm³/mol. The van der Waals surface area contributed by atoms with Gasteiger partial charge in [0.25, 0.3) is 0 Å². The van der Waals surface area contributed by atoms with Gasteiger partial charge in [-0.3, -0.25) is 4.79 Å². The van der Waals surface area contributed by atoms with Gasteiger partial charge in [0.1, 0.15) is 24.5 Å². The normalized spacial score (nSPS) is 15.9. The Kier molecular flexibility index (Phi) is 3.69. The molecule has 7 nitrogen and oxygen atoms in total. The van der Waals surface area contributed by atoms with E-state index in [9.17, 15) is 4.79 Å². The summed E-state index contributed by atoms with van der Waals surface area (Å²) < 4.78 is 5.94. The molecule has 7 heteroatoms. The molecule has 1 aliphatic heterocycles. The molecule has 108 valence electrons. The fourth-order valence-corrected chi connectivity index (χ4v) is 2.50. The quantitative estimate of drug-likeness (QED) is 0.915. The lowest BCUT2D eigenvalue weighted by Crippen LogP contribution is -2.41. The first-order valence-electron chi connectivity index (χ1n) is 6.87. The van der Waals surface area contributed by atoms with Crippen LogP contribution in [0.4, 0.5) is 0 Å². The lowest BCUT2D eigenvalue weighted by molar-refractivity contribution is -0.131. The first-order chi connectivity index (χ1) is 10.3. The fraction of sp³-hybridized carbons (Fsp3) is 0.429. The summed E-state index contributed by atoms with van der Waals surface area (Å²) in [5.41, 5.74) is 0.752. The Balaban J connectivity index is 1.62. The molecule has 1 saturated heterocycles. The third-order valence-corrected chi connectivity index (χ3v) is 3.62. The molecule has 21 heavy (non-hydrogen) atoms. The maximum Gasteiger partial charge on any atom is 0.236 e. The topological polar surface area (TPSA) is 94.9 Å². The molecule has 0 atom stereocenters. The number of carbonyl (C=O) groups is 1. The molecule has 1 fully saturated rings. The number of hydrogen-bond donors (Lipinski definition) is 1. The molecule has 0 unspecified atom stereocenters. The van der Waals surface area contributed by atoms with Crippen molar-refractivity contribution in [1.82, 2.24) is 19.9 Å². The Morgan fingerprint density at radius 1 is 1.48 bits per heavy atom. The van der Waals surface area contributed by atoms with E-state index < -0.39 is 0 Å². The van der Waals surface area contributed by atoms with Crippen LogP contribution in [0.5, 0.6) is 5.88 Å². The van der Waals surface area contributed by atoms with Crippen LogP contribution >= 0.6 is 0 Å². The minimum absolute atomic E-state index is 0.0316. The van der Waals surface area contributed by atoms with Crippen molar-refractivity contribution in [3.63, 3.8) is 0 Å². The largest absolute Gasteiger partial charge is 0.474 e. The van der Waals surface area contributed by atoms with E-state index >= 15 is 0 Å². The Labute approximate surface area is 121 Å². The second kappa shape index (κ2) is 5.79. The van der Waals surface area contributed by atoms with Gasteiger partial charge in [0.05, 0.1) is 11.5 Å². The zero-order valence-corrected chi connectivity index (χ0v) is 11.5. The number of likely N-dealkylation sites (tertiary alicyclic amines) is 1. The van der Waals surface area contributed by atoms with Gasteiger partial charge in [0.15, 0.2) is 0 Å².